The summed E-state index contributed by atoms with van der Waals surface area (Å²) in [6.07, 6.45) is 0.974. The zero-order chi connectivity index (χ0) is 17.0. The SMILES string of the molecule is Cc1cccc(C(C)C)c1NC(=O)CCNC1CCS(=O)(=O)C1. The van der Waals surface area contributed by atoms with Gasteiger partial charge in [-0.05, 0) is 30.4 Å². The summed E-state index contributed by atoms with van der Waals surface area (Å²) in [5.74, 6) is 0.725. The highest BCUT2D eigenvalue weighted by Gasteiger charge is 2.27. The molecule has 1 atom stereocenters. The van der Waals surface area contributed by atoms with Gasteiger partial charge in [0.2, 0.25) is 5.91 Å². The van der Waals surface area contributed by atoms with Crippen molar-refractivity contribution >= 4 is 21.4 Å². The maximum Gasteiger partial charge on any atom is 0.225 e. The smallest absolute Gasteiger partial charge is 0.225 e. The van der Waals surface area contributed by atoms with Crippen molar-refractivity contribution in [3.63, 3.8) is 0 Å². The molecule has 1 aliphatic heterocycles. The maximum atomic E-state index is 12.2. The molecule has 2 rings (SSSR count). The summed E-state index contributed by atoms with van der Waals surface area (Å²) < 4.78 is 22.8. The Kier molecular flexibility index (Phi) is 5.81. The van der Waals surface area contributed by atoms with Gasteiger partial charge in [-0.25, -0.2) is 8.42 Å². The zero-order valence-electron chi connectivity index (χ0n) is 14.1. The molecule has 128 valence electrons. The number of amides is 1. The van der Waals surface area contributed by atoms with Crippen LogP contribution in [0.25, 0.3) is 0 Å². The standard InChI is InChI=1S/C17H26N2O3S/c1-12(2)15-6-4-5-13(3)17(15)19-16(20)7-9-18-14-8-10-23(21,22)11-14/h4-6,12,14,18H,7-11H2,1-3H3,(H,19,20). The van der Waals surface area contributed by atoms with Crippen LogP contribution >= 0.6 is 0 Å². The topological polar surface area (TPSA) is 75.3 Å². The Labute approximate surface area is 138 Å². The van der Waals surface area contributed by atoms with Crippen LogP contribution in [0.3, 0.4) is 0 Å². The summed E-state index contributed by atoms with van der Waals surface area (Å²) in [4.78, 5) is 12.2. The van der Waals surface area contributed by atoms with E-state index in [0.717, 1.165) is 16.8 Å². The third kappa shape index (κ3) is 5.04. The molecule has 1 saturated heterocycles. The van der Waals surface area contributed by atoms with E-state index in [2.05, 4.69) is 24.5 Å². The first kappa shape index (κ1) is 17.9. The molecule has 1 aromatic rings. The van der Waals surface area contributed by atoms with Gasteiger partial charge in [0.05, 0.1) is 11.5 Å². The maximum absolute atomic E-state index is 12.2. The van der Waals surface area contributed by atoms with Crippen LogP contribution in [-0.4, -0.2) is 38.4 Å². The summed E-state index contributed by atoms with van der Waals surface area (Å²) in [5.41, 5.74) is 3.09. The Morgan fingerprint density at radius 2 is 2.09 bits per heavy atom. The van der Waals surface area contributed by atoms with E-state index in [1.165, 1.54) is 0 Å². The van der Waals surface area contributed by atoms with Crippen LogP contribution in [0.15, 0.2) is 18.2 Å². The quantitative estimate of drug-likeness (QED) is 0.834. The summed E-state index contributed by atoms with van der Waals surface area (Å²) >= 11 is 0. The zero-order valence-corrected chi connectivity index (χ0v) is 14.9. The number of hydrogen-bond acceptors (Lipinski definition) is 4. The number of para-hydroxylation sites is 1. The van der Waals surface area contributed by atoms with Crippen molar-refractivity contribution in [1.82, 2.24) is 5.32 Å². The molecule has 1 fully saturated rings. The molecular weight excluding hydrogens is 312 g/mol. The second-order valence-electron chi connectivity index (χ2n) is 6.55. The number of rotatable bonds is 6. The fraction of sp³-hybridized carbons (Fsp3) is 0.588. The monoisotopic (exact) mass is 338 g/mol. The lowest BCUT2D eigenvalue weighted by atomic mass is 9.98. The van der Waals surface area contributed by atoms with Crippen LogP contribution in [-0.2, 0) is 14.6 Å². The fourth-order valence-electron chi connectivity index (χ4n) is 2.89. The normalized spacial score (nSPS) is 19.9. The Balaban J connectivity index is 1.86. The summed E-state index contributed by atoms with van der Waals surface area (Å²) in [6, 6.07) is 6.01. The average molecular weight is 338 g/mol. The van der Waals surface area contributed by atoms with Gasteiger partial charge < -0.3 is 10.6 Å². The lowest BCUT2D eigenvalue weighted by Crippen LogP contribution is -2.32. The van der Waals surface area contributed by atoms with E-state index in [9.17, 15) is 13.2 Å². The predicted molar refractivity (Wildman–Crippen MR) is 93.6 cm³/mol. The van der Waals surface area contributed by atoms with E-state index in [4.69, 9.17) is 0 Å². The van der Waals surface area contributed by atoms with Gasteiger partial charge >= 0.3 is 0 Å². The van der Waals surface area contributed by atoms with Crippen molar-refractivity contribution in [2.75, 3.05) is 23.4 Å². The molecule has 6 heteroatoms. The number of sulfone groups is 1. The third-order valence-electron chi connectivity index (χ3n) is 4.21. The van der Waals surface area contributed by atoms with Gasteiger partial charge in [-0.1, -0.05) is 32.0 Å². The highest BCUT2D eigenvalue weighted by molar-refractivity contribution is 7.91. The van der Waals surface area contributed by atoms with E-state index in [0.29, 0.717) is 25.3 Å². The van der Waals surface area contributed by atoms with Gasteiger partial charge in [0.1, 0.15) is 0 Å². The third-order valence-corrected chi connectivity index (χ3v) is 5.98. The molecule has 0 aromatic heterocycles. The van der Waals surface area contributed by atoms with Gasteiger partial charge in [-0.2, -0.15) is 0 Å². The number of nitrogens with one attached hydrogen (secondary N) is 2. The molecule has 0 bridgehead atoms. The van der Waals surface area contributed by atoms with E-state index < -0.39 is 9.84 Å². The van der Waals surface area contributed by atoms with Crippen LogP contribution in [0.4, 0.5) is 5.69 Å². The van der Waals surface area contributed by atoms with Crippen LogP contribution in [0.2, 0.25) is 0 Å². The molecule has 5 nitrogen and oxygen atoms in total. The second-order valence-corrected chi connectivity index (χ2v) is 8.77. The second kappa shape index (κ2) is 7.45. The Bertz CT molecular complexity index is 668. The minimum atomic E-state index is -2.88. The molecule has 0 saturated carbocycles. The minimum Gasteiger partial charge on any atom is -0.326 e. The van der Waals surface area contributed by atoms with E-state index in [1.807, 2.05) is 25.1 Å². The van der Waals surface area contributed by atoms with Crippen LogP contribution < -0.4 is 10.6 Å². The summed E-state index contributed by atoms with van der Waals surface area (Å²) in [6.45, 7) is 6.69. The van der Waals surface area contributed by atoms with Crippen LogP contribution in [0.5, 0.6) is 0 Å². The van der Waals surface area contributed by atoms with E-state index in [-0.39, 0.29) is 23.5 Å². The van der Waals surface area contributed by atoms with Gasteiger partial charge in [-0.3, -0.25) is 4.79 Å². The number of benzene rings is 1. The molecular formula is C17H26N2O3S. The van der Waals surface area contributed by atoms with Crippen LogP contribution in [0, 0.1) is 6.92 Å². The molecule has 23 heavy (non-hydrogen) atoms. The van der Waals surface area contributed by atoms with Crippen molar-refractivity contribution in [2.45, 2.75) is 45.6 Å². The molecule has 0 aliphatic carbocycles. The van der Waals surface area contributed by atoms with Gasteiger partial charge in [0.25, 0.3) is 0 Å². The fourth-order valence-corrected chi connectivity index (χ4v) is 4.60. The molecule has 1 heterocycles. The Hall–Kier alpha value is -1.40. The van der Waals surface area contributed by atoms with Gasteiger partial charge in [0.15, 0.2) is 9.84 Å². The molecule has 1 aromatic carbocycles. The van der Waals surface area contributed by atoms with Crippen molar-refractivity contribution in [3.05, 3.63) is 29.3 Å². The first-order valence-electron chi connectivity index (χ1n) is 8.11. The van der Waals surface area contributed by atoms with Crippen molar-refractivity contribution in [2.24, 2.45) is 0 Å². The number of carbonyl (C=O) groups is 1. The van der Waals surface area contributed by atoms with E-state index in [1.54, 1.807) is 0 Å². The molecule has 2 N–H and O–H groups in total. The first-order chi connectivity index (χ1) is 10.8. The summed E-state index contributed by atoms with van der Waals surface area (Å²) in [7, 11) is -2.88. The number of hydrogen-bond donors (Lipinski definition) is 2. The minimum absolute atomic E-state index is 0.0162. The van der Waals surface area contributed by atoms with Gasteiger partial charge in [0, 0.05) is 24.7 Å². The van der Waals surface area contributed by atoms with Gasteiger partial charge in [-0.15, -0.1) is 0 Å². The highest BCUT2D eigenvalue weighted by Crippen LogP contribution is 2.27. The number of carbonyl (C=O) groups excluding carboxylic acids is 1. The van der Waals surface area contributed by atoms with Crippen molar-refractivity contribution < 1.29 is 13.2 Å². The number of aryl methyl sites for hydroxylation is 1. The van der Waals surface area contributed by atoms with Crippen molar-refractivity contribution in [3.8, 4) is 0 Å². The molecule has 0 spiro atoms. The lowest BCUT2D eigenvalue weighted by molar-refractivity contribution is -0.116. The predicted octanol–water partition coefficient (Wildman–Crippen LogP) is 2.22. The largest absolute Gasteiger partial charge is 0.326 e. The van der Waals surface area contributed by atoms with E-state index >= 15 is 0 Å². The summed E-state index contributed by atoms with van der Waals surface area (Å²) in [5, 5.41) is 6.17. The molecule has 1 aliphatic rings. The van der Waals surface area contributed by atoms with Crippen LogP contribution in [0.1, 0.15) is 43.7 Å². The first-order valence-corrected chi connectivity index (χ1v) is 9.94. The highest BCUT2D eigenvalue weighted by atomic mass is 32.2. The Morgan fingerprint density at radius 1 is 1.35 bits per heavy atom. The molecule has 1 amide bonds. The molecule has 0 radical (unpaired) electrons. The lowest BCUT2D eigenvalue weighted by Gasteiger charge is -2.17. The average Bonchev–Trinajstić information content (AvgIpc) is 2.80. The number of anilines is 1. The van der Waals surface area contributed by atoms with Crippen molar-refractivity contribution in [1.29, 1.82) is 0 Å². The molecule has 1 unspecified atom stereocenters. The Morgan fingerprint density at radius 3 is 2.70 bits per heavy atom.